The lowest BCUT2D eigenvalue weighted by Crippen LogP contribution is -2.56. The van der Waals surface area contributed by atoms with Gasteiger partial charge in [-0.15, -0.1) is 0 Å². The van der Waals surface area contributed by atoms with Crippen molar-refractivity contribution in [3.63, 3.8) is 0 Å². The van der Waals surface area contributed by atoms with Gasteiger partial charge in [-0.25, -0.2) is 9.59 Å². The van der Waals surface area contributed by atoms with Gasteiger partial charge in [-0.1, -0.05) is 30.3 Å². The van der Waals surface area contributed by atoms with Gasteiger partial charge in [-0.2, -0.15) is 11.8 Å². The average molecular weight is 395 g/mol. The number of hydrogen-bond donors (Lipinski definition) is 3. The molecular weight excluding hydrogens is 370 g/mol. The van der Waals surface area contributed by atoms with Crippen LogP contribution in [0.2, 0.25) is 0 Å². The Kier molecular flexibility index (Phi) is 8.41. The van der Waals surface area contributed by atoms with Gasteiger partial charge in [-0.3, -0.25) is 4.79 Å². The first-order chi connectivity index (χ1) is 13.0. The highest BCUT2D eigenvalue weighted by Gasteiger charge is 2.28. The molecule has 0 aromatic heterocycles. The van der Waals surface area contributed by atoms with Gasteiger partial charge in [0.1, 0.15) is 12.1 Å². The van der Waals surface area contributed by atoms with Crippen LogP contribution < -0.4 is 10.6 Å². The minimum absolute atomic E-state index is 0.247. The molecular formula is C18H25N3O5S. The summed E-state index contributed by atoms with van der Waals surface area (Å²) in [6.07, 6.45) is 2.04. The second-order valence-corrected chi connectivity index (χ2v) is 7.06. The maximum Gasteiger partial charge on any atom is 0.327 e. The summed E-state index contributed by atoms with van der Waals surface area (Å²) in [6, 6.07) is 7.05. The largest absolute Gasteiger partial charge is 0.480 e. The SMILES string of the molecule is CSC[C@H](NC(=O)[C@H](Cc1ccccc1)NC(=O)N1CCOCC1)C(=O)O. The van der Waals surface area contributed by atoms with Crippen LogP contribution in [-0.2, 0) is 20.7 Å². The summed E-state index contributed by atoms with van der Waals surface area (Å²) in [5, 5.41) is 14.5. The third-order valence-corrected chi connectivity index (χ3v) is 4.81. The zero-order valence-corrected chi connectivity index (χ0v) is 16.0. The number of carboxylic acids is 1. The number of nitrogens with zero attached hydrogens (tertiary/aromatic N) is 1. The predicted molar refractivity (Wildman–Crippen MR) is 103 cm³/mol. The van der Waals surface area contributed by atoms with E-state index >= 15 is 0 Å². The lowest BCUT2D eigenvalue weighted by molar-refractivity contribution is -0.141. The standard InChI is InChI=1S/C18H25N3O5S/c1-27-12-15(17(23)24)19-16(22)14(11-13-5-3-2-4-6-13)20-18(25)21-7-9-26-10-8-21/h2-6,14-15H,7-12H2,1H3,(H,19,22)(H,20,25)(H,23,24)/t14-,15-/m0/s1. The van der Waals surface area contributed by atoms with Gasteiger partial charge in [0.2, 0.25) is 5.91 Å². The highest BCUT2D eigenvalue weighted by atomic mass is 32.2. The van der Waals surface area contributed by atoms with E-state index in [0.717, 1.165) is 5.56 Å². The van der Waals surface area contributed by atoms with Crippen molar-refractivity contribution >= 4 is 29.7 Å². The smallest absolute Gasteiger partial charge is 0.327 e. The highest BCUT2D eigenvalue weighted by molar-refractivity contribution is 7.98. The van der Waals surface area contributed by atoms with Crippen LogP contribution in [-0.4, -0.2) is 78.3 Å². The highest BCUT2D eigenvalue weighted by Crippen LogP contribution is 2.07. The molecule has 0 unspecified atom stereocenters. The second-order valence-electron chi connectivity index (χ2n) is 6.15. The molecule has 0 bridgehead atoms. The van der Waals surface area contributed by atoms with Crippen molar-refractivity contribution in [2.75, 3.05) is 38.3 Å². The average Bonchev–Trinajstić information content (AvgIpc) is 2.68. The molecule has 9 heteroatoms. The first kappa shape index (κ1) is 21.0. The molecule has 8 nitrogen and oxygen atoms in total. The number of thioether (sulfide) groups is 1. The number of rotatable bonds is 8. The lowest BCUT2D eigenvalue weighted by Gasteiger charge is -2.29. The maximum absolute atomic E-state index is 12.7. The summed E-state index contributed by atoms with van der Waals surface area (Å²) in [7, 11) is 0. The summed E-state index contributed by atoms with van der Waals surface area (Å²) in [5.41, 5.74) is 0.872. The molecule has 0 aliphatic carbocycles. The number of urea groups is 1. The van der Waals surface area contributed by atoms with Crippen LogP contribution in [0.25, 0.3) is 0 Å². The van der Waals surface area contributed by atoms with E-state index in [9.17, 15) is 19.5 Å². The summed E-state index contributed by atoms with van der Waals surface area (Å²) in [6.45, 7) is 1.82. The fraction of sp³-hybridized carbons (Fsp3) is 0.500. The molecule has 0 saturated carbocycles. The number of hydrogen-bond acceptors (Lipinski definition) is 5. The zero-order valence-electron chi connectivity index (χ0n) is 15.2. The summed E-state index contributed by atoms with van der Waals surface area (Å²) >= 11 is 1.33. The van der Waals surface area contributed by atoms with Gasteiger partial charge in [0.15, 0.2) is 0 Å². The van der Waals surface area contributed by atoms with Crippen LogP contribution >= 0.6 is 11.8 Å². The monoisotopic (exact) mass is 395 g/mol. The van der Waals surface area contributed by atoms with E-state index < -0.39 is 24.0 Å². The molecule has 0 radical (unpaired) electrons. The quantitative estimate of drug-likeness (QED) is 0.594. The van der Waals surface area contributed by atoms with Crippen molar-refractivity contribution < 1.29 is 24.2 Å². The van der Waals surface area contributed by atoms with Crippen LogP contribution in [0.1, 0.15) is 5.56 Å². The van der Waals surface area contributed by atoms with E-state index in [2.05, 4.69) is 10.6 Å². The molecule has 2 atom stereocenters. The van der Waals surface area contributed by atoms with Crippen LogP contribution in [0.3, 0.4) is 0 Å². The Balaban J connectivity index is 2.08. The van der Waals surface area contributed by atoms with Crippen molar-refractivity contribution in [2.24, 2.45) is 0 Å². The topological polar surface area (TPSA) is 108 Å². The number of benzene rings is 1. The Hall–Kier alpha value is -2.26. The molecule has 3 amide bonds. The Labute approximate surface area is 162 Å². The van der Waals surface area contributed by atoms with E-state index in [4.69, 9.17) is 4.74 Å². The normalized spacial score (nSPS) is 16.3. The molecule has 1 saturated heterocycles. The number of carboxylic acid groups (broad SMARTS) is 1. The molecule has 1 fully saturated rings. The van der Waals surface area contributed by atoms with Crippen LogP contribution in [0.5, 0.6) is 0 Å². The fourth-order valence-corrected chi connectivity index (χ4v) is 3.24. The van der Waals surface area contributed by atoms with E-state index in [1.807, 2.05) is 30.3 Å². The number of amides is 3. The molecule has 3 N–H and O–H groups in total. The Bertz CT molecular complexity index is 637. The van der Waals surface area contributed by atoms with Gasteiger partial charge >= 0.3 is 12.0 Å². The van der Waals surface area contributed by atoms with Gasteiger partial charge in [-0.05, 0) is 11.8 Å². The third kappa shape index (κ3) is 6.76. The van der Waals surface area contributed by atoms with Crippen molar-refractivity contribution in [2.45, 2.75) is 18.5 Å². The predicted octanol–water partition coefficient (Wildman–Crippen LogP) is 0.572. The maximum atomic E-state index is 12.7. The number of morpholine rings is 1. The third-order valence-electron chi connectivity index (χ3n) is 4.14. The molecule has 1 heterocycles. The minimum Gasteiger partial charge on any atom is -0.480 e. The van der Waals surface area contributed by atoms with Gasteiger partial charge in [0, 0.05) is 25.3 Å². The van der Waals surface area contributed by atoms with Crippen LogP contribution in [0, 0.1) is 0 Å². The summed E-state index contributed by atoms with van der Waals surface area (Å²) < 4.78 is 5.24. The van der Waals surface area contributed by atoms with Crippen molar-refractivity contribution in [1.82, 2.24) is 15.5 Å². The van der Waals surface area contributed by atoms with E-state index in [-0.39, 0.29) is 18.2 Å². The van der Waals surface area contributed by atoms with E-state index in [1.165, 1.54) is 11.8 Å². The summed E-state index contributed by atoms with van der Waals surface area (Å²) in [4.78, 5) is 38.1. The number of carbonyl (C=O) groups excluding carboxylic acids is 2. The molecule has 1 aliphatic heterocycles. The molecule has 2 rings (SSSR count). The first-order valence-corrected chi connectivity index (χ1v) is 10.1. The molecule has 1 aromatic rings. The molecule has 0 spiro atoms. The first-order valence-electron chi connectivity index (χ1n) is 8.70. The Morgan fingerprint density at radius 2 is 1.81 bits per heavy atom. The lowest BCUT2D eigenvalue weighted by atomic mass is 10.0. The molecule has 148 valence electrons. The Morgan fingerprint density at radius 1 is 1.15 bits per heavy atom. The van der Waals surface area contributed by atoms with Crippen LogP contribution in [0.15, 0.2) is 30.3 Å². The second kappa shape index (κ2) is 10.8. The van der Waals surface area contributed by atoms with Crippen molar-refractivity contribution in [3.05, 3.63) is 35.9 Å². The molecule has 1 aromatic carbocycles. The van der Waals surface area contributed by atoms with E-state index in [0.29, 0.717) is 26.3 Å². The molecule has 27 heavy (non-hydrogen) atoms. The number of nitrogens with one attached hydrogen (secondary N) is 2. The van der Waals surface area contributed by atoms with Gasteiger partial charge < -0.3 is 25.4 Å². The number of aliphatic carboxylic acids is 1. The summed E-state index contributed by atoms with van der Waals surface area (Å²) in [5.74, 6) is -1.37. The number of ether oxygens (including phenoxy) is 1. The minimum atomic E-state index is -1.10. The molecule has 1 aliphatic rings. The van der Waals surface area contributed by atoms with E-state index in [1.54, 1.807) is 11.2 Å². The zero-order chi connectivity index (χ0) is 19.6. The van der Waals surface area contributed by atoms with Gasteiger partial charge in [0.25, 0.3) is 0 Å². The van der Waals surface area contributed by atoms with Crippen LogP contribution in [0.4, 0.5) is 4.79 Å². The fourth-order valence-electron chi connectivity index (χ4n) is 2.68. The van der Waals surface area contributed by atoms with Crippen molar-refractivity contribution in [1.29, 1.82) is 0 Å². The number of carbonyl (C=O) groups is 3. The Morgan fingerprint density at radius 3 is 2.41 bits per heavy atom. The van der Waals surface area contributed by atoms with Gasteiger partial charge in [0.05, 0.1) is 13.2 Å². The van der Waals surface area contributed by atoms with Crippen molar-refractivity contribution in [3.8, 4) is 0 Å².